The van der Waals surface area contributed by atoms with Crippen molar-refractivity contribution >= 4 is 27.7 Å². The van der Waals surface area contributed by atoms with Gasteiger partial charge >= 0.3 is 0 Å². The van der Waals surface area contributed by atoms with E-state index in [0.29, 0.717) is 24.8 Å². The van der Waals surface area contributed by atoms with Crippen molar-refractivity contribution in [2.45, 2.75) is 31.8 Å². The molecule has 1 aromatic heterocycles. The van der Waals surface area contributed by atoms with Gasteiger partial charge in [0.25, 0.3) is 5.91 Å². The smallest absolute Gasteiger partial charge is 0.255 e. The molecule has 0 aromatic carbocycles. The maximum absolute atomic E-state index is 11.9. The fraction of sp³-hybridized carbons (Fsp3) is 0.538. The molecule has 3 N–H and O–H groups in total. The number of carbonyl (C=O) groups is 1. The predicted molar refractivity (Wildman–Crippen MR) is 76.9 cm³/mol. The lowest BCUT2D eigenvalue weighted by atomic mass is 10.2. The minimum absolute atomic E-state index is 0.221. The molecule has 5 nitrogen and oxygen atoms in total. The quantitative estimate of drug-likeness (QED) is 0.812. The molecule has 104 valence electrons. The number of anilines is 1. The first kappa shape index (κ1) is 14.3. The Hall–Kier alpha value is -1.14. The second-order valence-electron chi connectivity index (χ2n) is 4.62. The van der Waals surface area contributed by atoms with E-state index in [9.17, 15) is 4.79 Å². The third kappa shape index (κ3) is 4.18. The molecular weight excluding hydrogens is 310 g/mol. The Balaban J connectivity index is 1.75. The number of pyridine rings is 1. The average Bonchev–Trinajstić information content (AvgIpc) is 2.90. The number of nitrogens with two attached hydrogens (primary N) is 1. The summed E-state index contributed by atoms with van der Waals surface area (Å²) in [6.07, 6.45) is 6.70. The summed E-state index contributed by atoms with van der Waals surface area (Å²) >= 11 is 3.27. The molecule has 0 unspecified atom stereocenters. The molecule has 1 aliphatic carbocycles. The normalized spacial score (nSPS) is 15.6. The number of nitrogens with one attached hydrogen (secondary N) is 1. The van der Waals surface area contributed by atoms with Crippen LogP contribution in [0.1, 0.15) is 36.0 Å². The molecule has 0 radical (unpaired) electrons. The molecule has 0 bridgehead atoms. The number of nitrogen functional groups attached to an aromatic ring is 1. The molecular formula is C13H18BrN3O2. The summed E-state index contributed by atoms with van der Waals surface area (Å²) in [5.41, 5.74) is 6.05. The van der Waals surface area contributed by atoms with Gasteiger partial charge < -0.3 is 15.8 Å². The summed E-state index contributed by atoms with van der Waals surface area (Å²) in [7, 11) is 0. The first-order valence-corrected chi connectivity index (χ1v) is 7.27. The molecule has 1 saturated carbocycles. The molecule has 0 atom stereocenters. The van der Waals surface area contributed by atoms with E-state index in [1.165, 1.54) is 12.8 Å². The number of amides is 1. The third-order valence-corrected chi connectivity index (χ3v) is 3.61. The first-order valence-electron chi connectivity index (χ1n) is 6.47. The van der Waals surface area contributed by atoms with E-state index in [1.54, 1.807) is 12.3 Å². The number of aromatic nitrogens is 1. The molecule has 1 fully saturated rings. The highest BCUT2D eigenvalue weighted by atomic mass is 79.9. The van der Waals surface area contributed by atoms with Gasteiger partial charge in [0.15, 0.2) is 0 Å². The van der Waals surface area contributed by atoms with Crippen LogP contribution >= 0.6 is 15.9 Å². The zero-order chi connectivity index (χ0) is 13.7. The number of carbonyl (C=O) groups excluding carboxylic acids is 1. The van der Waals surface area contributed by atoms with Crippen LogP contribution < -0.4 is 11.1 Å². The van der Waals surface area contributed by atoms with Gasteiger partial charge in [0, 0.05) is 17.2 Å². The van der Waals surface area contributed by atoms with Crippen LogP contribution in [0.4, 0.5) is 5.82 Å². The Morgan fingerprint density at radius 1 is 1.53 bits per heavy atom. The Morgan fingerprint density at radius 2 is 2.26 bits per heavy atom. The van der Waals surface area contributed by atoms with E-state index in [2.05, 4.69) is 26.2 Å². The van der Waals surface area contributed by atoms with Gasteiger partial charge in [-0.1, -0.05) is 12.8 Å². The number of nitrogens with zero attached hydrogens (tertiary/aromatic N) is 1. The van der Waals surface area contributed by atoms with Crippen molar-refractivity contribution in [3.63, 3.8) is 0 Å². The fourth-order valence-corrected chi connectivity index (χ4v) is 2.50. The average molecular weight is 328 g/mol. The van der Waals surface area contributed by atoms with Crippen LogP contribution in [-0.2, 0) is 4.74 Å². The van der Waals surface area contributed by atoms with Gasteiger partial charge in [0.2, 0.25) is 0 Å². The SMILES string of the molecule is Nc1ncc(Br)cc1C(=O)NCCOC1CCCC1. The maximum atomic E-state index is 11.9. The highest BCUT2D eigenvalue weighted by Gasteiger charge is 2.15. The van der Waals surface area contributed by atoms with Gasteiger partial charge in [0.05, 0.1) is 18.3 Å². The van der Waals surface area contributed by atoms with E-state index < -0.39 is 0 Å². The number of hydrogen-bond donors (Lipinski definition) is 2. The van der Waals surface area contributed by atoms with Crippen LogP contribution in [0.25, 0.3) is 0 Å². The monoisotopic (exact) mass is 327 g/mol. The Kier molecular flexibility index (Phi) is 5.15. The van der Waals surface area contributed by atoms with E-state index in [0.717, 1.165) is 17.3 Å². The standard InChI is InChI=1S/C13H18BrN3O2/c14-9-7-11(12(15)17-8-9)13(18)16-5-6-19-10-3-1-2-4-10/h7-8,10H,1-6H2,(H2,15,17)(H,16,18). The summed E-state index contributed by atoms with van der Waals surface area (Å²) in [4.78, 5) is 15.8. The highest BCUT2D eigenvalue weighted by Crippen LogP contribution is 2.20. The molecule has 6 heteroatoms. The molecule has 0 aliphatic heterocycles. The third-order valence-electron chi connectivity index (χ3n) is 3.17. The largest absolute Gasteiger partial charge is 0.383 e. The summed E-state index contributed by atoms with van der Waals surface area (Å²) in [5, 5.41) is 2.79. The Morgan fingerprint density at radius 3 is 3.00 bits per heavy atom. The van der Waals surface area contributed by atoms with Gasteiger partial charge in [-0.15, -0.1) is 0 Å². The lowest BCUT2D eigenvalue weighted by Gasteiger charge is -2.12. The lowest BCUT2D eigenvalue weighted by molar-refractivity contribution is 0.0582. The van der Waals surface area contributed by atoms with Crippen molar-refractivity contribution in [1.82, 2.24) is 10.3 Å². The van der Waals surface area contributed by atoms with Crippen LogP contribution in [0.2, 0.25) is 0 Å². The minimum atomic E-state index is -0.221. The van der Waals surface area contributed by atoms with Crippen LogP contribution in [0.15, 0.2) is 16.7 Å². The number of ether oxygens (including phenoxy) is 1. The van der Waals surface area contributed by atoms with Crippen molar-refractivity contribution in [2.75, 3.05) is 18.9 Å². The van der Waals surface area contributed by atoms with Crippen LogP contribution in [-0.4, -0.2) is 30.1 Å². The molecule has 0 saturated heterocycles. The van der Waals surface area contributed by atoms with Crippen molar-refractivity contribution in [1.29, 1.82) is 0 Å². The summed E-state index contributed by atoms with van der Waals surface area (Å²) < 4.78 is 6.40. The topological polar surface area (TPSA) is 77.2 Å². The Labute approximate surface area is 121 Å². The molecule has 19 heavy (non-hydrogen) atoms. The molecule has 1 aliphatic rings. The van der Waals surface area contributed by atoms with Crippen molar-refractivity contribution in [3.05, 3.63) is 22.3 Å². The summed E-state index contributed by atoms with van der Waals surface area (Å²) in [5.74, 6) is 0.0127. The summed E-state index contributed by atoms with van der Waals surface area (Å²) in [6.45, 7) is 1.03. The van der Waals surface area contributed by atoms with E-state index in [1.807, 2.05) is 0 Å². The van der Waals surface area contributed by atoms with Crippen molar-refractivity contribution < 1.29 is 9.53 Å². The molecule has 2 rings (SSSR count). The Bertz CT molecular complexity index is 448. The van der Waals surface area contributed by atoms with Crippen molar-refractivity contribution in [3.8, 4) is 0 Å². The second kappa shape index (κ2) is 6.86. The highest BCUT2D eigenvalue weighted by molar-refractivity contribution is 9.10. The van der Waals surface area contributed by atoms with Crippen LogP contribution in [0.3, 0.4) is 0 Å². The van der Waals surface area contributed by atoms with Gasteiger partial charge in [0.1, 0.15) is 5.82 Å². The van der Waals surface area contributed by atoms with E-state index in [4.69, 9.17) is 10.5 Å². The molecule has 0 spiro atoms. The van der Waals surface area contributed by atoms with E-state index in [-0.39, 0.29) is 11.7 Å². The minimum Gasteiger partial charge on any atom is -0.383 e. The lowest BCUT2D eigenvalue weighted by Crippen LogP contribution is -2.29. The number of hydrogen-bond acceptors (Lipinski definition) is 4. The summed E-state index contributed by atoms with van der Waals surface area (Å²) in [6, 6.07) is 1.66. The number of rotatable bonds is 5. The second-order valence-corrected chi connectivity index (χ2v) is 5.54. The van der Waals surface area contributed by atoms with Gasteiger partial charge in [-0.2, -0.15) is 0 Å². The van der Waals surface area contributed by atoms with Gasteiger partial charge in [-0.25, -0.2) is 4.98 Å². The molecule has 1 heterocycles. The van der Waals surface area contributed by atoms with Crippen molar-refractivity contribution in [2.24, 2.45) is 0 Å². The van der Waals surface area contributed by atoms with Gasteiger partial charge in [-0.3, -0.25) is 4.79 Å². The van der Waals surface area contributed by atoms with Crippen LogP contribution in [0, 0.1) is 0 Å². The zero-order valence-electron chi connectivity index (χ0n) is 10.7. The zero-order valence-corrected chi connectivity index (χ0v) is 12.3. The van der Waals surface area contributed by atoms with Gasteiger partial charge in [-0.05, 0) is 34.8 Å². The number of halogens is 1. The van der Waals surface area contributed by atoms with Crippen LogP contribution in [0.5, 0.6) is 0 Å². The van der Waals surface area contributed by atoms with E-state index >= 15 is 0 Å². The first-order chi connectivity index (χ1) is 9.16. The molecule has 1 amide bonds. The molecule has 1 aromatic rings. The maximum Gasteiger partial charge on any atom is 0.255 e. The predicted octanol–water partition coefficient (Wildman–Crippen LogP) is 2.12. The fourth-order valence-electron chi connectivity index (χ4n) is 2.17.